The number of nitrogens with two attached hydrogens (primary N) is 1. The zero-order valence-corrected chi connectivity index (χ0v) is 8.65. The largest absolute Gasteiger partial charge is 0.435 e. The second kappa shape index (κ2) is 4.73. The number of nitrogen functional groups attached to an aromatic ring is 1. The molecule has 1 aromatic rings. The van der Waals surface area contributed by atoms with E-state index in [4.69, 9.17) is 5.73 Å². The maximum Gasteiger partial charge on any atom is 0.387 e. The molecule has 6 nitrogen and oxygen atoms in total. The van der Waals surface area contributed by atoms with Crippen LogP contribution in [0, 0.1) is 10.1 Å². The maximum absolute atomic E-state index is 12.0. The predicted molar refractivity (Wildman–Crippen MR) is 54.1 cm³/mol. The molecular weight excluding hydrogens is 238 g/mol. The summed E-state index contributed by atoms with van der Waals surface area (Å²) in [7, 11) is 0. The number of Topliss-reactive ketones (excluding diaryl/α,β-unsaturated/α-hetero) is 1. The monoisotopic (exact) mass is 246 g/mol. The first-order valence-corrected chi connectivity index (χ1v) is 4.36. The molecule has 0 heterocycles. The number of halogens is 2. The van der Waals surface area contributed by atoms with Gasteiger partial charge in [-0.05, 0) is 13.0 Å². The van der Waals surface area contributed by atoms with Crippen LogP contribution in [0.5, 0.6) is 5.75 Å². The number of carbonyl (C=O) groups excluding carboxylic acids is 1. The van der Waals surface area contributed by atoms with Crippen molar-refractivity contribution in [2.45, 2.75) is 13.5 Å². The topological polar surface area (TPSA) is 95.5 Å². The lowest BCUT2D eigenvalue weighted by molar-refractivity contribution is -0.384. The van der Waals surface area contributed by atoms with Crippen LogP contribution in [-0.4, -0.2) is 17.3 Å². The second-order valence-electron chi connectivity index (χ2n) is 3.10. The fourth-order valence-corrected chi connectivity index (χ4v) is 1.27. The van der Waals surface area contributed by atoms with Gasteiger partial charge in [0, 0.05) is 6.07 Å². The summed E-state index contributed by atoms with van der Waals surface area (Å²) in [5.74, 6) is -1.06. The summed E-state index contributed by atoms with van der Waals surface area (Å²) in [6.07, 6.45) is 0. The first-order valence-electron chi connectivity index (χ1n) is 4.36. The molecule has 0 unspecified atom stereocenters. The molecule has 0 fully saturated rings. The van der Waals surface area contributed by atoms with Crippen molar-refractivity contribution in [1.29, 1.82) is 0 Å². The molecule has 0 aliphatic rings. The number of carbonyl (C=O) groups is 1. The lowest BCUT2D eigenvalue weighted by Gasteiger charge is -2.08. The van der Waals surface area contributed by atoms with E-state index < -0.39 is 34.4 Å². The van der Waals surface area contributed by atoms with E-state index in [2.05, 4.69) is 4.74 Å². The molecule has 0 aromatic heterocycles. The third-order valence-electron chi connectivity index (χ3n) is 1.90. The molecule has 1 rings (SSSR count). The summed E-state index contributed by atoms with van der Waals surface area (Å²) in [6, 6.07) is 1.74. The molecule has 0 aliphatic carbocycles. The van der Waals surface area contributed by atoms with Gasteiger partial charge in [-0.3, -0.25) is 14.9 Å². The van der Waals surface area contributed by atoms with Gasteiger partial charge in [0.1, 0.15) is 17.0 Å². The molecule has 92 valence electrons. The van der Waals surface area contributed by atoms with E-state index in [-0.39, 0.29) is 5.56 Å². The van der Waals surface area contributed by atoms with Gasteiger partial charge in [-0.2, -0.15) is 8.78 Å². The van der Waals surface area contributed by atoms with E-state index >= 15 is 0 Å². The molecule has 0 saturated heterocycles. The van der Waals surface area contributed by atoms with E-state index in [9.17, 15) is 23.7 Å². The highest BCUT2D eigenvalue weighted by atomic mass is 19.3. The third-order valence-corrected chi connectivity index (χ3v) is 1.90. The molecule has 0 saturated carbocycles. The standard InChI is InChI=1S/C9H8F2N2O4/c1-4(14)6-2-5(17-9(10)11)3-7(12)8(6)13(15)16/h2-3,9H,12H2,1H3. The smallest absolute Gasteiger partial charge is 0.387 e. The number of ether oxygens (including phenoxy) is 1. The van der Waals surface area contributed by atoms with Crippen LogP contribution in [0.4, 0.5) is 20.2 Å². The summed E-state index contributed by atoms with van der Waals surface area (Å²) in [5, 5.41) is 10.7. The molecule has 0 radical (unpaired) electrons. The van der Waals surface area contributed by atoms with Gasteiger partial charge in [0.25, 0.3) is 0 Å². The van der Waals surface area contributed by atoms with Crippen molar-refractivity contribution in [2.24, 2.45) is 0 Å². The van der Waals surface area contributed by atoms with Crippen molar-refractivity contribution in [1.82, 2.24) is 0 Å². The SMILES string of the molecule is CC(=O)c1cc(OC(F)F)cc(N)c1[N+](=O)[O-]. The van der Waals surface area contributed by atoms with Crippen molar-refractivity contribution in [3.8, 4) is 5.75 Å². The number of hydrogen-bond acceptors (Lipinski definition) is 5. The summed E-state index contributed by atoms with van der Waals surface area (Å²) in [4.78, 5) is 21.0. The van der Waals surface area contributed by atoms with Gasteiger partial charge in [-0.1, -0.05) is 0 Å². The highest BCUT2D eigenvalue weighted by Crippen LogP contribution is 2.32. The fourth-order valence-electron chi connectivity index (χ4n) is 1.27. The van der Waals surface area contributed by atoms with E-state index in [1.165, 1.54) is 0 Å². The second-order valence-corrected chi connectivity index (χ2v) is 3.10. The summed E-state index contributed by atoms with van der Waals surface area (Å²) < 4.78 is 28.0. The van der Waals surface area contributed by atoms with Gasteiger partial charge in [0.05, 0.1) is 4.92 Å². The number of rotatable bonds is 4. The molecular formula is C9H8F2N2O4. The van der Waals surface area contributed by atoms with Crippen LogP contribution >= 0.6 is 0 Å². The summed E-state index contributed by atoms with van der Waals surface area (Å²) in [6.45, 7) is -2.04. The molecule has 0 bridgehead atoms. The van der Waals surface area contributed by atoms with Crippen LogP contribution in [0.1, 0.15) is 17.3 Å². The first-order chi connectivity index (χ1) is 7.82. The van der Waals surface area contributed by atoms with Gasteiger partial charge in [-0.15, -0.1) is 0 Å². The van der Waals surface area contributed by atoms with Gasteiger partial charge in [-0.25, -0.2) is 0 Å². The Labute approximate surface area is 94.1 Å². The van der Waals surface area contributed by atoms with E-state index in [1.807, 2.05) is 0 Å². The Balaban J connectivity index is 3.36. The van der Waals surface area contributed by atoms with Crippen LogP contribution < -0.4 is 10.5 Å². The molecule has 2 N–H and O–H groups in total. The van der Waals surface area contributed by atoms with Crippen molar-refractivity contribution in [3.63, 3.8) is 0 Å². The number of anilines is 1. The Hall–Kier alpha value is -2.25. The van der Waals surface area contributed by atoms with E-state index in [0.29, 0.717) is 0 Å². The zero-order valence-electron chi connectivity index (χ0n) is 8.65. The molecule has 0 atom stereocenters. The zero-order chi connectivity index (χ0) is 13.2. The predicted octanol–water partition coefficient (Wildman–Crippen LogP) is 1.98. The van der Waals surface area contributed by atoms with Crippen molar-refractivity contribution < 1.29 is 23.2 Å². The van der Waals surface area contributed by atoms with Gasteiger partial charge in [0.2, 0.25) is 0 Å². The number of nitrogens with zero attached hydrogens (tertiary/aromatic N) is 1. The molecule has 0 aliphatic heterocycles. The van der Waals surface area contributed by atoms with Crippen LogP contribution in [-0.2, 0) is 0 Å². The number of ketones is 1. The van der Waals surface area contributed by atoms with Gasteiger partial charge < -0.3 is 10.5 Å². The Kier molecular flexibility index (Phi) is 3.56. The Morgan fingerprint density at radius 1 is 1.53 bits per heavy atom. The van der Waals surface area contributed by atoms with Crippen molar-refractivity contribution in [3.05, 3.63) is 27.8 Å². The lowest BCUT2D eigenvalue weighted by Crippen LogP contribution is -2.07. The van der Waals surface area contributed by atoms with Crippen LogP contribution in [0.15, 0.2) is 12.1 Å². The lowest BCUT2D eigenvalue weighted by atomic mass is 10.1. The summed E-state index contributed by atoms with van der Waals surface area (Å²) >= 11 is 0. The van der Waals surface area contributed by atoms with Crippen molar-refractivity contribution in [2.75, 3.05) is 5.73 Å². The van der Waals surface area contributed by atoms with Gasteiger partial charge >= 0.3 is 12.3 Å². The van der Waals surface area contributed by atoms with Crippen LogP contribution in [0.3, 0.4) is 0 Å². The van der Waals surface area contributed by atoms with Crippen molar-refractivity contribution >= 4 is 17.2 Å². The number of nitro groups is 1. The highest BCUT2D eigenvalue weighted by molar-refractivity contribution is 6.00. The molecule has 8 heteroatoms. The third kappa shape index (κ3) is 2.86. The number of hydrogen-bond donors (Lipinski definition) is 1. The average Bonchev–Trinajstić information content (AvgIpc) is 2.14. The summed E-state index contributed by atoms with van der Waals surface area (Å²) in [5.41, 5.74) is 3.93. The number of nitro benzene ring substituents is 1. The van der Waals surface area contributed by atoms with Gasteiger partial charge in [0.15, 0.2) is 5.78 Å². The Bertz CT molecular complexity index is 476. The molecule has 0 amide bonds. The number of alkyl halides is 2. The Morgan fingerprint density at radius 3 is 2.53 bits per heavy atom. The molecule has 0 spiro atoms. The fraction of sp³-hybridized carbons (Fsp3) is 0.222. The average molecular weight is 246 g/mol. The normalized spacial score (nSPS) is 10.4. The van der Waals surface area contributed by atoms with Crippen LogP contribution in [0.2, 0.25) is 0 Å². The molecule has 1 aromatic carbocycles. The van der Waals surface area contributed by atoms with E-state index in [1.54, 1.807) is 0 Å². The van der Waals surface area contributed by atoms with Crippen LogP contribution in [0.25, 0.3) is 0 Å². The number of benzene rings is 1. The minimum Gasteiger partial charge on any atom is -0.435 e. The minimum absolute atomic E-state index is 0.370. The van der Waals surface area contributed by atoms with E-state index in [0.717, 1.165) is 19.1 Å². The minimum atomic E-state index is -3.10. The first kappa shape index (κ1) is 12.8. The quantitative estimate of drug-likeness (QED) is 0.379. The highest BCUT2D eigenvalue weighted by Gasteiger charge is 2.23. The maximum atomic E-state index is 12.0. The molecule has 17 heavy (non-hydrogen) atoms. The Morgan fingerprint density at radius 2 is 2.12 bits per heavy atom.